The van der Waals surface area contributed by atoms with E-state index in [0.717, 1.165) is 11.1 Å². The molecule has 1 atom stereocenters. The molecule has 21 heavy (non-hydrogen) atoms. The Morgan fingerprint density at radius 3 is 2.48 bits per heavy atom. The van der Waals surface area contributed by atoms with Crippen molar-refractivity contribution in [2.24, 2.45) is 0 Å². The molecule has 2 N–H and O–H groups in total. The monoisotopic (exact) mass is 288 g/mol. The van der Waals surface area contributed by atoms with Crippen molar-refractivity contribution >= 4 is 0 Å². The van der Waals surface area contributed by atoms with Crippen LogP contribution >= 0.6 is 0 Å². The molecule has 0 radical (unpaired) electrons. The van der Waals surface area contributed by atoms with Gasteiger partial charge in [0.25, 0.3) is 0 Å². The van der Waals surface area contributed by atoms with Gasteiger partial charge in [0.2, 0.25) is 0 Å². The van der Waals surface area contributed by atoms with Crippen molar-refractivity contribution in [1.82, 2.24) is 0 Å². The van der Waals surface area contributed by atoms with E-state index in [1.807, 2.05) is 6.07 Å². The van der Waals surface area contributed by atoms with E-state index < -0.39 is 0 Å². The SMILES string of the molecule is COc1cc([C@@H]2COc3cc(O)ccc32)c(OC)cc1O. The van der Waals surface area contributed by atoms with Crippen LogP contribution in [0.4, 0.5) is 0 Å². The maximum atomic E-state index is 9.85. The minimum atomic E-state index is -0.0370. The van der Waals surface area contributed by atoms with E-state index in [2.05, 4.69) is 0 Å². The fraction of sp³-hybridized carbons (Fsp3) is 0.250. The predicted octanol–water partition coefficient (Wildman–Crippen LogP) is 2.64. The predicted molar refractivity (Wildman–Crippen MR) is 76.7 cm³/mol. The van der Waals surface area contributed by atoms with Crippen molar-refractivity contribution in [3.8, 4) is 28.7 Å². The van der Waals surface area contributed by atoms with Crippen LogP contribution in [0.1, 0.15) is 17.0 Å². The molecule has 0 unspecified atom stereocenters. The van der Waals surface area contributed by atoms with Gasteiger partial charge >= 0.3 is 0 Å². The van der Waals surface area contributed by atoms with E-state index in [-0.39, 0.29) is 17.4 Å². The Morgan fingerprint density at radius 2 is 1.76 bits per heavy atom. The molecule has 0 bridgehead atoms. The molecule has 2 aromatic carbocycles. The number of methoxy groups -OCH3 is 2. The number of benzene rings is 2. The van der Waals surface area contributed by atoms with Crippen LogP contribution in [0.15, 0.2) is 30.3 Å². The molecule has 2 aromatic rings. The molecule has 0 aliphatic carbocycles. The highest BCUT2D eigenvalue weighted by Gasteiger charge is 2.29. The second kappa shape index (κ2) is 5.09. The quantitative estimate of drug-likeness (QED) is 0.908. The van der Waals surface area contributed by atoms with Crippen LogP contribution in [0.25, 0.3) is 0 Å². The Morgan fingerprint density at radius 1 is 1.00 bits per heavy atom. The van der Waals surface area contributed by atoms with Gasteiger partial charge in [-0.1, -0.05) is 6.07 Å². The molecule has 0 aromatic heterocycles. The van der Waals surface area contributed by atoms with Crippen molar-refractivity contribution in [2.45, 2.75) is 5.92 Å². The minimum Gasteiger partial charge on any atom is -0.508 e. The van der Waals surface area contributed by atoms with Crippen LogP contribution < -0.4 is 14.2 Å². The highest BCUT2D eigenvalue weighted by Crippen LogP contribution is 2.45. The summed E-state index contributed by atoms with van der Waals surface area (Å²) < 4.78 is 16.2. The minimum absolute atomic E-state index is 0.0305. The standard InChI is InChI=1S/C16H16O5/c1-19-14-7-13(18)16(20-2)6-11(14)12-8-21-15-5-9(17)3-4-10(12)15/h3-7,12,17-18H,8H2,1-2H3/t12-/m1/s1. The van der Waals surface area contributed by atoms with Crippen LogP contribution in [0, 0.1) is 0 Å². The van der Waals surface area contributed by atoms with Crippen LogP contribution in [0.3, 0.4) is 0 Å². The first-order valence-corrected chi connectivity index (χ1v) is 6.54. The third-order valence-electron chi connectivity index (χ3n) is 3.68. The average Bonchev–Trinajstić information content (AvgIpc) is 2.89. The number of phenolic OH excluding ortho intramolecular Hbond substituents is 2. The number of aromatic hydroxyl groups is 2. The molecule has 0 fully saturated rings. The van der Waals surface area contributed by atoms with Gasteiger partial charge in [-0.2, -0.15) is 0 Å². The van der Waals surface area contributed by atoms with Crippen LogP contribution in [-0.4, -0.2) is 31.0 Å². The van der Waals surface area contributed by atoms with Gasteiger partial charge in [-0.15, -0.1) is 0 Å². The van der Waals surface area contributed by atoms with E-state index in [1.54, 1.807) is 25.3 Å². The number of phenols is 2. The maximum Gasteiger partial charge on any atom is 0.161 e. The Labute approximate surface area is 122 Å². The first kappa shape index (κ1) is 13.4. The molecule has 3 rings (SSSR count). The zero-order chi connectivity index (χ0) is 15.0. The summed E-state index contributed by atoms with van der Waals surface area (Å²) in [5, 5.41) is 19.4. The highest BCUT2D eigenvalue weighted by atomic mass is 16.5. The smallest absolute Gasteiger partial charge is 0.161 e. The van der Waals surface area contributed by atoms with Gasteiger partial charge in [0.15, 0.2) is 11.5 Å². The lowest BCUT2D eigenvalue weighted by Crippen LogP contribution is -2.05. The van der Waals surface area contributed by atoms with Gasteiger partial charge in [-0.05, 0) is 12.1 Å². The van der Waals surface area contributed by atoms with Crippen LogP contribution in [-0.2, 0) is 0 Å². The fourth-order valence-electron chi connectivity index (χ4n) is 2.63. The van der Waals surface area contributed by atoms with Crippen LogP contribution in [0.5, 0.6) is 28.7 Å². The summed E-state index contributed by atoms with van der Waals surface area (Å²) in [5.74, 6) is 1.78. The molecular formula is C16H16O5. The summed E-state index contributed by atoms with van der Waals surface area (Å²) in [6, 6.07) is 8.35. The summed E-state index contributed by atoms with van der Waals surface area (Å²) >= 11 is 0. The van der Waals surface area contributed by atoms with Gasteiger partial charge in [0, 0.05) is 23.3 Å². The van der Waals surface area contributed by atoms with E-state index >= 15 is 0 Å². The molecule has 0 spiro atoms. The van der Waals surface area contributed by atoms with Crippen molar-refractivity contribution in [2.75, 3.05) is 20.8 Å². The second-order valence-electron chi connectivity index (χ2n) is 4.85. The zero-order valence-electron chi connectivity index (χ0n) is 11.8. The van der Waals surface area contributed by atoms with E-state index in [0.29, 0.717) is 23.9 Å². The molecule has 5 heteroatoms. The lowest BCUT2D eigenvalue weighted by atomic mass is 9.92. The van der Waals surface area contributed by atoms with Gasteiger partial charge in [0.1, 0.15) is 17.2 Å². The molecule has 5 nitrogen and oxygen atoms in total. The Kier molecular flexibility index (Phi) is 3.25. The van der Waals surface area contributed by atoms with E-state index in [9.17, 15) is 10.2 Å². The Bertz CT molecular complexity index is 681. The van der Waals surface area contributed by atoms with Crippen molar-refractivity contribution in [1.29, 1.82) is 0 Å². The second-order valence-corrected chi connectivity index (χ2v) is 4.85. The molecular weight excluding hydrogens is 272 g/mol. The number of hydrogen-bond acceptors (Lipinski definition) is 5. The summed E-state index contributed by atoms with van der Waals surface area (Å²) in [4.78, 5) is 0. The summed E-state index contributed by atoms with van der Waals surface area (Å²) in [7, 11) is 3.06. The third-order valence-corrected chi connectivity index (χ3v) is 3.68. The zero-order valence-corrected chi connectivity index (χ0v) is 11.8. The number of ether oxygens (including phenoxy) is 3. The van der Waals surface area contributed by atoms with Gasteiger partial charge in [-0.25, -0.2) is 0 Å². The molecule has 1 aliphatic rings. The van der Waals surface area contributed by atoms with Crippen molar-refractivity contribution < 1.29 is 24.4 Å². The third kappa shape index (κ3) is 2.20. The lowest BCUT2D eigenvalue weighted by molar-refractivity contribution is 0.333. The Balaban J connectivity index is 2.10. The van der Waals surface area contributed by atoms with Crippen LogP contribution in [0.2, 0.25) is 0 Å². The van der Waals surface area contributed by atoms with Gasteiger partial charge < -0.3 is 24.4 Å². The van der Waals surface area contributed by atoms with E-state index in [1.165, 1.54) is 13.2 Å². The largest absolute Gasteiger partial charge is 0.508 e. The van der Waals surface area contributed by atoms with E-state index in [4.69, 9.17) is 14.2 Å². The average molecular weight is 288 g/mol. The molecule has 1 aliphatic heterocycles. The van der Waals surface area contributed by atoms with Gasteiger partial charge in [-0.3, -0.25) is 0 Å². The van der Waals surface area contributed by atoms with Crippen molar-refractivity contribution in [3.63, 3.8) is 0 Å². The number of fused-ring (bicyclic) bond motifs is 1. The molecule has 110 valence electrons. The lowest BCUT2D eigenvalue weighted by Gasteiger charge is -2.16. The Hall–Kier alpha value is -2.56. The maximum absolute atomic E-state index is 9.85. The first-order valence-electron chi connectivity index (χ1n) is 6.54. The topological polar surface area (TPSA) is 68.2 Å². The molecule has 0 saturated carbocycles. The summed E-state index contributed by atoms with van der Waals surface area (Å²) in [6.45, 7) is 0.447. The fourth-order valence-corrected chi connectivity index (χ4v) is 2.63. The van der Waals surface area contributed by atoms with Gasteiger partial charge in [0.05, 0.1) is 26.7 Å². The highest BCUT2D eigenvalue weighted by molar-refractivity contribution is 5.57. The van der Waals surface area contributed by atoms with Crippen molar-refractivity contribution in [3.05, 3.63) is 41.5 Å². The molecule has 0 amide bonds. The number of rotatable bonds is 3. The first-order chi connectivity index (χ1) is 10.1. The molecule has 0 saturated heterocycles. The normalized spacial score (nSPS) is 16.2. The summed E-state index contributed by atoms with van der Waals surface area (Å²) in [5.41, 5.74) is 1.84. The summed E-state index contributed by atoms with van der Waals surface area (Å²) in [6.07, 6.45) is 0. The molecule has 1 heterocycles. The number of hydrogen-bond donors (Lipinski definition) is 2.